The number of hydrogen-bond acceptors (Lipinski definition) is 5. The second kappa shape index (κ2) is 7.94. The smallest absolute Gasteiger partial charge is 0.239 e. The minimum Gasteiger partial charge on any atom is -0.486 e. The van der Waals surface area contributed by atoms with Gasteiger partial charge in [0.25, 0.3) is 0 Å². The lowest BCUT2D eigenvalue weighted by Gasteiger charge is -2.26. The number of rotatable bonds is 5. The van der Waals surface area contributed by atoms with Gasteiger partial charge in [0.1, 0.15) is 18.8 Å². The topological polar surface area (TPSA) is 82.8 Å². The molecule has 1 amide bonds. The number of para-hydroxylation sites is 2. The molecule has 112 valence electrons. The van der Waals surface area contributed by atoms with Crippen LogP contribution < -0.4 is 20.5 Å². The van der Waals surface area contributed by atoms with Gasteiger partial charge in [-0.25, -0.2) is 0 Å². The summed E-state index contributed by atoms with van der Waals surface area (Å²) in [6.45, 7) is 0.943. The van der Waals surface area contributed by atoms with Crippen LogP contribution in [0.1, 0.15) is 0 Å². The molecule has 2 atom stereocenters. The van der Waals surface area contributed by atoms with Crippen LogP contribution >= 0.6 is 12.4 Å². The molecular formula is C13H19ClN2O4. The number of nitrogens with one attached hydrogen (secondary N) is 1. The van der Waals surface area contributed by atoms with Crippen molar-refractivity contribution >= 4 is 18.3 Å². The van der Waals surface area contributed by atoms with E-state index in [1.807, 2.05) is 24.3 Å². The molecule has 0 aliphatic carbocycles. The fraction of sp³-hybridized carbons (Fsp3) is 0.462. The Hall–Kier alpha value is -1.50. The number of nitrogens with two attached hydrogens (primary N) is 1. The Morgan fingerprint density at radius 2 is 2.20 bits per heavy atom. The standard InChI is InChI=1S/C13H18N2O4.ClH/c1-17-8-10(14)13(16)15-6-9-7-18-11-4-2-3-5-12(11)19-9;/h2-5,9-10H,6-8,14H2,1H3,(H,15,16);1H. The number of amides is 1. The molecule has 0 fully saturated rings. The number of benzene rings is 1. The van der Waals surface area contributed by atoms with Crippen molar-refractivity contribution in [3.63, 3.8) is 0 Å². The second-order valence-corrected chi connectivity index (χ2v) is 4.30. The zero-order chi connectivity index (χ0) is 13.7. The highest BCUT2D eigenvalue weighted by molar-refractivity contribution is 5.85. The van der Waals surface area contributed by atoms with Crippen molar-refractivity contribution in [2.24, 2.45) is 5.73 Å². The largest absolute Gasteiger partial charge is 0.486 e. The van der Waals surface area contributed by atoms with Crippen LogP contribution in [-0.4, -0.2) is 44.9 Å². The molecule has 1 aromatic carbocycles. The van der Waals surface area contributed by atoms with Crippen molar-refractivity contribution in [2.45, 2.75) is 12.1 Å². The van der Waals surface area contributed by atoms with Gasteiger partial charge in [-0.2, -0.15) is 0 Å². The van der Waals surface area contributed by atoms with E-state index < -0.39 is 6.04 Å². The SMILES string of the molecule is COCC(N)C(=O)NCC1COc2ccccc2O1.Cl. The van der Waals surface area contributed by atoms with Gasteiger partial charge in [0.15, 0.2) is 11.5 Å². The van der Waals surface area contributed by atoms with Crippen LogP contribution in [0.2, 0.25) is 0 Å². The molecule has 7 heteroatoms. The Bertz CT molecular complexity index is 444. The number of carbonyl (C=O) groups is 1. The zero-order valence-corrected chi connectivity index (χ0v) is 12.0. The zero-order valence-electron chi connectivity index (χ0n) is 11.2. The number of methoxy groups -OCH3 is 1. The van der Waals surface area contributed by atoms with Gasteiger partial charge in [0.05, 0.1) is 13.2 Å². The highest BCUT2D eigenvalue weighted by Crippen LogP contribution is 2.30. The molecule has 0 bridgehead atoms. The lowest BCUT2D eigenvalue weighted by Crippen LogP contribution is -2.48. The first-order valence-electron chi connectivity index (χ1n) is 6.11. The van der Waals surface area contributed by atoms with Crippen LogP contribution in [0, 0.1) is 0 Å². The predicted octanol–water partition coefficient (Wildman–Crippen LogP) is 0.338. The van der Waals surface area contributed by atoms with E-state index in [-0.39, 0.29) is 31.0 Å². The molecule has 1 heterocycles. The maximum Gasteiger partial charge on any atom is 0.239 e. The van der Waals surface area contributed by atoms with Gasteiger partial charge in [-0.15, -0.1) is 12.4 Å². The monoisotopic (exact) mass is 302 g/mol. The molecule has 0 aromatic heterocycles. The Balaban J connectivity index is 0.00000200. The molecule has 2 rings (SSSR count). The molecule has 0 spiro atoms. The van der Waals surface area contributed by atoms with Crippen LogP contribution in [0.4, 0.5) is 0 Å². The normalized spacial score (nSPS) is 17.8. The van der Waals surface area contributed by atoms with Crippen molar-refractivity contribution < 1.29 is 19.0 Å². The van der Waals surface area contributed by atoms with E-state index >= 15 is 0 Å². The summed E-state index contributed by atoms with van der Waals surface area (Å²) in [4.78, 5) is 11.6. The molecule has 1 aliphatic rings. The molecule has 3 N–H and O–H groups in total. The molecule has 2 unspecified atom stereocenters. The Morgan fingerprint density at radius 1 is 1.50 bits per heavy atom. The lowest BCUT2D eigenvalue weighted by molar-refractivity contribution is -0.123. The van der Waals surface area contributed by atoms with Crippen LogP contribution in [0.15, 0.2) is 24.3 Å². The number of fused-ring (bicyclic) bond motifs is 1. The minimum absolute atomic E-state index is 0. The highest BCUT2D eigenvalue weighted by atomic mass is 35.5. The summed E-state index contributed by atoms with van der Waals surface area (Å²) in [5.74, 6) is 1.15. The molecular weight excluding hydrogens is 284 g/mol. The molecule has 20 heavy (non-hydrogen) atoms. The predicted molar refractivity (Wildman–Crippen MR) is 76.5 cm³/mol. The van der Waals surface area contributed by atoms with Crippen molar-refractivity contribution in [1.29, 1.82) is 0 Å². The number of ether oxygens (including phenoxy) is 3. The minimum atomic E-state index is -0.665. The first-order chi connectivity index (χ1) is 9.20. The van der Waals surface area contributed by atoms with Gasteiger partial charge < -0.3 is 25.3 Å². The van der Waals surface area contributed by atoms with Gasteiger partial charge in [0, 0.05) is 7.11 Å². The van der Waals surface area contributed by atoms with E-state index in [0.29, 0.717) is 18.9 Å². The van der Waals surface area contributed by atoms with E-state index in [4.69, 9.17) is 19.9 Å². The van der Waals surface area contributed by atoms with Crippen molar-refractivity contribution in [2.75, 3.05) is 26.9 Å². The third-order valence-electron chi connectivity index (χ3n) is 2.75. The third kappa shape index (κ3) is 4.26. The summed E-state index contributed by atoms with van der Waals surface area (Å²) in [6.07, 6.45) is -0.214. The van der Waals surface area contributed by atoms with Crippen LogP contribution in [0.5, 0.6) is 11.5 Å². The summed E-state index contributed by atoms with van der Waals surface area (Å²) in [5, 5.41) is 2.72. The Labute approximate surface area is 124 Å². The molecule has 0 saturated heterocycles. The molecule has 0 saturated carbocycles. The summed E-state index contributed by atoms with van der Waals surface area (Å²) < 4.78 is 16.1. The third-order valence-corrected chi connectivity index (χ3v) is 2.75. The first kappa shape index (κ1) is 16.6. The average Bonchev–Trinajstić information content (AvgIpc) is 2.44. The number of hydrogen-bond donors (Lipinski definition) is 2. The second-order valence-electron chi connectivity index (χ2n) is 4.30. The molecule has 1 aliphatic heterocycles. The van der Waals surface area contributed by atoms with Gasteiger partial charge in [0.2, 0.25) is 5.91 Å². The van der Waals surface area contributed by atoms with E-state index in [9.17, 15) is 4.79 Å². The Kier molecular flexibility index (Phi) is 6.57. The van der Waals surface area contributed by atoms with Crippen molar-refractivity contribution in [3.8, 4) is 11.5 Å². The maximum atomic E-state index is 11.6. The Morgan fingerprint density at radius 3 is 2.90 bits per heavy atom. The van der Waals surface area contributed by atoms with Crippen LogP contribution in [0.3, 0.4) is 0 Å². The van der Waals surface area contributed by atoms with Gasteiger partial charge in [-0.1, -0.05) is 12.1 Å². The number of carbonyl (C=O) groups excluding carboxylic acids is 1. The summed E-state index contributed by atoms with van der Waals surface area (Å²) in [7, 11) is 1.50. The fourth-order valence-electron chi connectivity index (χ4n) is 1.76. The van der Waals surface area contributed by atoms with Crippen LogP contribution in [0.25, 0.3) is 0 Å². The van der Waals surface area contributed by atoms with E-state index in [0.717, 1.165) is 5.75 Å². The lowest BCUT2D eigenvalue weighted by atomic mass is 10.2. The summed E-state index contributed by atoms with van der Waals surface area (Å²) in [6, 6.07) is 6.77. The van der Waals surface area contributed by atoms with E-state index in [1.165, 1.54) is 7.11 Å². The highest BCUT2D eigenvalue weighted by Gasteiger charge is 2.22. The van der Waals surface area contributed by atoms with Crippen LogP contribution in [-0.2, 0) is 9.53 Å². The maximum absolute atomic E-state index is 11.6. The molecule has 6 nitrogen and oxygen atoms in total. The van der Waals surface area contributed by atoms with Gasteiger partial charge in [-0.3, -0.25) is 4.79 Å². The van der Waals surface area contributed by atoms with Gasteiger partial charge in [-0.05, 0) is 12.1 Å². The van der Waals surface area contributed by atoms with E-state index in [1.54, 1.807) is 0 Å². The first-order valence-corrected chi connectivity index (χ1v) is 6.11. The average molecular weight is 303 g/mol. The quantitative estimate of drug-likeness (QED) is 0.819. The summed E-state index contributed by atoms with van der Waals surface area (Å²) >= 11 is 0. The van der Waals surface area contributed by atoms with Gasteiger partial charge >= 0.3 is 0 Å². The molecule has 1 aromatic rings. The number of halogens is 1. The fourth-order valence-corrected chi connectivity index (χ4v) is 1.76. The van der Waals surface area contributed by atoms with E-state index in [2.05, 4.69) is 5.32 Å². The van der Waals surface area contributed by atoms with Crippen molar-refractivity contribution in [1.82, 2.24) is 5.32 Å². The molecule has 0 radical (unpaired) electrons. The van der Waals surface area contributed by atoms with Crippen molar-refractivity contribution in [3.05, 3.63) is 24.3 Å². The summed E-state index contributed by atoms with van der Waals surface area (Å²) in [5.41, 5.74) is 5.61.